The number of halogens is 2. The van der Waals surface area contributed by atoms with Crippen molar-refractivity contribution in [2.75, 3.05) is 11.8 Å². The lowest BCUT2D eigenvalue weighted by molar-refractivity contribution is 0.0697. The van der Waals surface area contributed by atoms with Crippen LogP contribution in [0, 0.1) is 0 Å². The van der Waals surface area contributed by atoms with Crippen LogP contribution in [-0.2, 0) is 10.0 Å². The molecule has 0 saturated carbocycles. The number of rotatable bonds is 5. The second-order valence-electron chi connectivity index (χ2n) is 4.40. The first-order valence-corrected chi connectivity index (χ1v) is 8.37. The summed E-state index contributed by atoms with van der Waals surface area (Å²) in [5, 5.41) is 8.71. The van der Waals surface area contributed by atoms with Gasteiger partial charge >= 0.3 is 5.97 Å². The molecule has 0 aromatic heterocycles. The highest BCUT2D eigenvalue weighted by atomic mass is 35.5. The van der Waals surface area contributed by atoms with Gasteiger partial charge in [-0.05, 0) is 36.4 Å². The van der Waals surface area contributed by atoms with Crippen molar-refractivity contribution in [3.8, 4) is 5.75 Å². The van der Waals surface area contributed by atoms with Gasteiger partial charge in [0.05, 0.1) is 22.7 Å². The number of hydrogen-bond acceptors (Lipinski definition) is 4. The van der Waals surface area contributed by atoms with Crippen LogP contribution in [0.5, 0.6) is 5.75 Å². The van der Waals surface area contributed by atoms with Gasteiger partial charge in [0.15, 0.2) is 0 Å². The Hall–Kier alpha value is -1.96. The fourth-order valence-electron chi connectivity index (χ4n) is 1.77. The summed E-state index contributed by atoms with van der Waals surface area (Å²) in [6, 6.07) is 8.14. The van der Waals surface area contributed by atoms with Crippen LogP contribution >= 0.6 is 23.2 Å². The van der Waals surface area contributed by atoms with Crippen molar-refractivity contribution in [1.82, 2.24) is 0 Å². The van der Waals surface area contributed by atoms with E-state index in [9.17, 15) is 13.2 Å². The summed E-state index contributed by atoms with van der Waals surface area (Å²) >= 11 is 11.6. The highest BCUT2D eigenvalue weighted by molar-refractivity contribution is 7.92. The average Bonchev–Trinajstić information content (AvgIpc) is 2.46. The molecule has 23 heavy (non-hydrogen) atoms. The summed E-state index contributed by atoms with van der Waals surface area (Å²) in [6.07, 6.45) is 0. The fraction of sp³-hybridized carbons (Fsp3) is 0.0714. The molecule has 0 bridgehead atoms. The zero-order valence-electron chi connectivity index (χ0n) is 11.7. The second kappa shape index (κ2) is 6.66. The van der Waals surface area contributed by atoms with E-state index in [4.69, 9.17) is 33.0 Å². The van der Waals surface area contributed by atoms with E-state index in [1.807, 2.05) is 0 Å². The number of carboxylic acid groups (broad SMARTS) is 1. The number of benzene rings is 2. The standard InChI is InChI=1S/C14H11Cl2NO5S/c1-22-9-4-2-8(3-5-9)17-23(20,21)13-6-10(14(18)19)11(15)7-12(13)16/h2-7,17H,1H3,(H,18,19). The third-order valence-electron chi connectivity index (χ3n) is 2.88. The van der Waals surface area contributed by atoms with Crippen LogP contribution in [-0.4, -0.2) is 26.6 Å². The number of hydrogen-bond donors (Lipinski definition) is 2. The fourth-order valence-corrected chi connectivity index (χ4v) is 3.68. The maximum Gasteiger partial charge on any atom is 0.337 e. The molecule has 2 aromatic carbocycles. The van der Waals surface area contributed by atoms with Gasteiger partial charge in [0.2, 0.25) is 0 Å². The molecule has 0 heterocycles. The first-order chi connectivity index (χ1) is 10.7. The normalized spacial score (nSPS) is 11.1. The molecule has 0 aliphatic rings. The first-order valence-electron chi connectivity index (χ1n) is 6.14. The van der Waals surface area contributed by atoms with E-state index in [0.717, 1.165) is 12.1 Å². The van der Waals surface area contributed by atoms with E-state index >= 15 is 0 Å². The highest BCUT2D eigenvalue weighted by Crippen LogP contribution is 2.30. The van der Waals surface area contributed by atoms with Gasteiger partial charge in [-0.1, -0.05) is 23.2 Å². The number of nitrogens with one attached hydrogen (secondary N) is 1. The van der Waals surface area contributed by atoms with E-state index in [2.05, 4.69) is 4.72 Å². The molecule has 2 aromatic rings. The van der Waals surface area contributed by atoms with Gasteiger partial charge in [-0.15, -0.1) is 0 Å². The minimum atomic E-state index is -4.08. The van der Waals surface area contributed by atoms with E-state index in [-0.39, 0.29) is 26.2 Å². The number of carboxylic acids is 1. The van der Waals surface area contributed by atoms with E-state index in [1.165, 1.54) is 19.2 Å². The minimum absolute atomic E-state index is 0.147. The van der Waals surface area contributed by atoms with Crippen molar-refractivity contribution < 1.29 is 23.1 Å². The van der Waals surface area contributed by atoms with Crippen LogP contribution in [0.2, 0.25) is 10.0 Å². The Bertz CT molecular complexity index is 850. The van der Waals surface area contributed by atoms with Crippen LogP contribution < -0.4 is 9.46 Å². The predicted octanol–water partition coefficient (Wildman–Crippen LogP) is 3.50. The lowest BCUT2D eigenvalue weighted by Gasteiger charge is -2.11. The smallest absolute Gasteiger partial charge is 0.337 e. The van der Waals surface area contributed by atoms with E-state index in [1.54, 1.807) is 12.1 Å². The molecular weight excluding hydrogens is 365 g/mol. The van der Waals surface area contributed by atoms with Crippen molar-refractivity contribution in [2.24, 2.45) is 0 Å². The maximum atomic E-state index is 12.4. The summed E-state index contributed by atoms with van der Waals surface area (Å²) in [5.41, 5.74) is -0.0835. The lowest BCUT2D eigenvalue weighted by atomic mass is 10.2. The monoisotopic (exact) mass is 375 g/mol. The molecule has 0 saturated heterocycles. The zero-order valence-corrected chi connectivity index (χ0v) is 14.0. The molecule has 0 amide bonds. The molecular formula is C14H11Cl2NO5S. The molecule has 9 heteroatoms. The number of ether oxygens (including phenoxy) is 1. The Balaban J connectivity index is 2.42. The van der Waals surface area contributed by atoms with Gasteiger partial charge in [-0.3, -0.25) is 4.72 Å². The molecule has 0 radical (unpaired) electrons. The van der Waals surface area contributed by atoms with E-state index in [0.29, 0.717) is 5.75 Å². The molecule has 0 fully saturated rings. The Morgan fingerprint density at radius 2 is 1.74 bits per heavy atom. The molecule has 0 unspecified atom stereocenters. The summed E-state index contributed by atoms with van der Waals surface area (Å²) in [5.74, 6) is -0.793. The van der Waals surface area contributed by atoms with Crippen LogP contribution in [0.15, 0.2) is 41.3 Å². The van der Waals surface area contributed by atoms with Crippen LogP contribution in [0.3, 0.4) is 0 Å². The molecule has 0 atom stereocenters. The third kappa shape index (κ3) is 3.87. The molecule has 2 N–H and O–H groups in total. The first kappa shape index (κ1) is 17.4. The average molecular weight is 376 g/mol. The van der Waals surface area contributed by atoms with E-state index < -0.39 is 16.0 Å². The van der Waals surface area contributed by atoms with Crippen molar-refractivity contribution >= 4 is 44.9 Å². The third-order valence-corrected chi connectivity index (χ3v) is 5.04. The largest absolute Gasteiger partial charge is 0.497 e. The van der Waals surface area contributed by atoms with Gasteiger partial charge in [0.25, 0.3) is 10.0 Å². The minimum Gasteiger partial charge on any atom is -0.497 e. The number of sulfonamides is 1. The van der Waals surface area contributed by atoms with Crippen LogP contribution in [0.1, 0.15) is 10.4 Å². The van der Waals surface area contributed by atoms with Gasteiger partial charge in [-0.2, -0.15) is 0 Å². The topological polar surface area (TPSA) is 92.7 Å². The number of anilines is 1. The maximum absolute atomic E-state index is 12.4. The molecule has 0 aliphatic heterocycles. The van der Waals surface area contributed by atoms with Crippen LogP contribution in [0.4, 0.5) is 5.69 Å². The summed E-state index contributed by atoms with van der Waals surface area (Å²) in [6.45, 7) is 0. The van der Waals surface area contributed by atoms with Crippen LogP contribution in [0.25, 0.3) is 0 Å². The summed E-state index contributed by atoms with van der Waals surface area (Å²) in [7, 11) is -2.59. The number of aromatic carboxylic acids is 1. The van der Waals surface area contributed by atoms with Crippen molar-refractivity contribution in [1.29, 1.82) is 0 Å². The zero-order chi connectivity index (χ0) is 17.2. The van der Waals surface area contributed by atoms with Gasteiger partial charge in [-0.25, -0.2) is 13.2 Å². The lowest BCUT2D eigenvalue weighted by Crippen LogP contribution is -2.14. The summed E-state index contributed by atoms with van der Waals surface area (Å²) in [4.78, 5) is 10.7. The van der Waals surface area contributed by atoms with Crippen molar-refractivity contribution in [2.45, 2.75) is 4.90 Å². The molecule has 0 spiro atoms. The number of carbonyl (C=O) groups is 1. The van der Waals surface area contributed by atoms with Gasteiger partial charge < -0.3 is 9.84 Å². The quantitative estimate of drug-likeness (QED) is 0.833. The molecule has 6 nitrogen and oxygen atoms in total. The Morgan fingerprint density at radius 3 is 2.26 bits per heavy atom. The number of methoxy groups -OCH3 is 1. The molecule has 2 rings (SSSR count). The second-order valence-corrected chi connectivity index (χ2v) is 6.87. The Labute approximate surface area is 142 Å². The Morgan fingerprint density at radius 1 is 1.13 bits per heavy atom. The molecule has 122 valence electrons. The van der Waals surface area contributed by atoms with Gasteiger partial charge in [0.1, 0.15) is 10.6 Å². The SMILES string of the molecule is COc1ccc(NS(=O)(=O)c2cc(C(=O)O)c(Cl)cc2Cl)cc1. The van der Waals surface area contributed by atoms with Crippen molar-refractivity contribution in [3.05, 3.63) is 52.0 Å². The van der Waals surface area contributed by atoms with Gasteiger partial charge in [0, 0.05) is 5.69 Å². The Kier molecular flexibility index (Phi) is 5.03. The molecule has 0 aliphatic carbocycles. The predicted molar refractivity (Wildman–Crippen MR) is 87.2 cm³/mol. The highest BCUT2D eigenvalue weighted by Gasteiger charge is 2.22. The summed E-state index contributed by atoms with van der Waals surface area (Å²) < 4.78 is 32.1. The van der Waals surface area contributed by atoms with Crippen molar-refractivity contribution in [3.63, 3.8) is 0 Å².